The molecule has 2 heterocycles. The number of nitrogens with zero attached hydrogens (tertiary/aromatic N) is 1. The van der Waals surface area contributed by atoms with Crippen LogP contribution in [0.4, 0.5) is 4.79 Å². The molecule has 8 heteroatoms. The molecule has 0 bridgehead atoms. The SMILES string of the molecule is COc1ccc(C(NC(=O)CN2C(=O)S/C(=C\c3cccs3)C2=O)C(C)C)cc1. The molecule has 1 fully saturated rings. The molecule has 0 saturated carbocycles. The highest BCUT2D eigenvalue weighted by Gasteiger charge is 2.36. The number of methoxy groups -OCH3 is 1. The normalized spacial score (nSPS) is 16.6. The Labute approximate surface area is 177 Å². The van der Waals surface area contributed by atoms with Crippen LogP contribution in [0.15, 0.2) is 46.7 Å². The molecule has 1 aliphatic rings. The van der Waals surface area contributed by atoms with E-state index in [0.717, 1.165) is 32.9 Å². The van der Waals surface area contributed by atoms with E-state index in [2.05, 4.69) is 5.32 Å². The summed E-state index contributed by atoms with van der Waals surface area (Å²) in [6, 6.07) is 11.0. The zero-order valence-electron chi connectivity index (χ0n) is 16.4. The zero-order valence-corrected chi connectivity index (χ0v) is 18.0. The fraction of sp³-hybridized carbons (Fsp3) is 0.286. The Morgan fingerprint density at radius 1 is 1.21 bits per heavy atom. The van der Waals surface area contributed by atoms with E-state index in [0.29, 0.717) is 4.91 Å². The average molecular weight is 431 g/mol. The standard InChI is InChI=1S/C21H22N2O4S2/c1-13(2)19(14-6-8-15(27-3)9-7-14)22-18(24)12-23-20(25)17(29-21(23)26)11-16-5-4-10-28-16/h4-11,13,19H,12H2,1-3H3,(H,22,24)/b17-11-. The van der Waals surface area contributed by atoms with E-state index in [1.807, 2.05) is 55.6 Å². The lowest BCUT2D eigenvalue weighted by Crippen LogP contribution is -2.41. The van der Waals surface area contributed by atoms with Crippen molar-refractivity contribution in [2.24, 2.45) is 5.92 Å². The van der Waals surface area contributed by atoms with Crippen molar-refractivity contribution in [1.29, 1.82) is 0 Å². The van der Waals surface area contributed by atoms with E-state index in [1.54, 1.807) is 13.2 Å². The van der Waals surface area contributed by atoms with Gasteiger partial charge in [0.2, 0.25) is 5.91 Å². The Morgan fingerprint density at radius 2 is 1.93 bits per heavy atom. The van der Waals surface area contributed by atoms with Crippen molar-refractivity contribution in [2.45, 2.75) is 19.9 Å². The van der Waals surface area contributed by atoms with Gasteiger partial charge in [0.1, 0.15) is 12.3 Å². The lowest BCUT2D eigenvalue weighted by molar-refractivity contribution is -0.129. The number of rotatable bonds is 7. The predicted molar refractivity (Wildman–Crippen MR) is 116 cm³/mol. The van der Waals surface area contributed by atoms with Crippen LogP contribution in [0.1, 0.15) is 30.3 Å². The molecule has 1 saturated heterocycles. The third-order valence-corrected chi connectivity index (χ3v) is 6.18. The molecule has 0 spiro atoms. The highest BCUT2D eigenvalue weighted by atomic mass is 32.2. The second-order valence-electron chi connectivity index (χ2n) is 6.85. The van der Waals surface area contributed by atoms with Crippen molar-refractivity contribution < 1.29 is 19.1 Å². The number of carbonyl (C=O) groups is 3. The fourth-order valence-electron chi connectivity index (χ4n) is 2.95. The number of hydrogen-bond donors (Lipinski definition) is 1. The van der Waals surface area contributed by atoms with Crippen molar-refractivity contribution in [3.63, 3.8) is 0 Å². The van der Waals surface area contributed by atoms with Gasteiger partial charge in [-0.2, -0.15) is 0 Å². The number of carbonyl (C=O) groups excluding carboxylic acids is 3. The average Bonchev–Trinajstić information content (AvgIpc) is 3.30. The second-order valence-corrected chi connectivity index (χ2v) is 8.82. The molecule has 0 aliphatic carbocycles. The summed E-state index contributed by atoms with van der Waals surface area (Å²) in [6.07, 6.45) is 1.68. The summed E-state index contributed by atoms with van der Waals surface area (Å²) < 4.78 is 5.17. The van der Waals surface area contributed by atoms with Gasteiger partial charge in [0, 0.05) is 4.88 Å². The molecule has 152 valence electrons. The Kier molecular flexibility index (Phi) is 6.76. The van der Waals surface area contributed by atoms with Crippen LogP contribution in [-0.4, -0.2) is 35.6 Å². The summed E-state index contributed by atoms with van der Waals surface area (Å²) in [4.78, 5) is 39.7. The van der Waals surface area contributed by atoms with Gasteiger partial charge in [-0.3, -0.25) is 19.3 Å². The summed E-state index contributed by atoms with van der Waals surface area (Å²) in [5.41, 5.74) is 0.931. The van der Waals surface area contributed by atoms with E-state index in [-0.39, 0.29) is 24.4 Å². The molecular formula is C21H22N2O4S2. The maximum atomic E-state index is 12.6. The van der Waals surface area contributed by atoms with Crippen molar-refractivity contribution in [1.82, 2.24) is 10.2 Å². The number of hydrogen-bond acceptors (Lipinski definition) is 6. The number of ether oxygens (including phenoxy) is 1. The monoisotopic (exact) mass is 430 g/mol. The molecule has 1 aromatic carbocycles. The molecule has 1 aromatic heterocycles. The summed E-state index contributed by atoms with van der Waals surface area (Å²) in [5, 5.41) is 4.41. The molecule has 1 unspecified atom stereocenters. The highest BCUT2D eigenvalue weighted by molar-refractivity contribution is 8.18. The van der Waals surface area contributed by atoms with Crippen LogP contribution in [0.5, 0.6) is 5.75 Å². The topological polar surface area (TPSA) is 75.7 Å². The van der Waals surface area contributed by atoms with Gasteiger partial charge in [0.15, 0.2) is 0 Å². The Morgan fingerprint density at radius 3 is 2.52 bits per heavy atom. The second kappa shape index (κ2) is 9.28. The first-order chi connectivity index (χ1) is 13.9. The molecule has 1 N–H and O–H groups in total. The number of thioether (sulfide) groups is 1. The van der Waals surface area contributed by atoms with Gasteiger partial charge in [-0.05, 0) is 52.9 Å². The molecule has 2 aromatic rings. The van der Waals surface area contributed by atoms with Gasteiger partial charge in [0.05, 0.1) is 18.1 Å². The Bertz CT molecular complexity index is 921. The maximum Gasteiger partial charge on any atom is 0.294 e. The van der Waals surface area contributed by atoms with Crippen LogP contribution < -0.4 is 10.1 Å². The molecule has 0 radical (unpaired) electrons. The molecule has 1 atom stereocenters. The third kappa shape index (κ3) is 5.07. The smallest absolute Gasteiger partial charge is 0.294 e. The molecule has 3 rings (SSSR count). The lowest BCUT2D eigenvalue weighted by Gasteiger charge is -2.24. The van der Waals surface area contributed by atoms with Gasteiger partial charge in [-0.1, -0.05) is 32.0 Å². The Hall–Kier alpha value is -2.58. The molecule has 29 heavy (non-hydrogen) atoms. The van der Waals surface area contributed by atoms with Crippen LogP contribution in [0, 0.1) is 5.92 Å². The predicted octanol–water partition coefficient (Wildman–Crippen LogP) is 4.31. The van der Waals surface area contributed by atoms with Crippen molar-refractivity contribution >= 4 is 46.2 Å². The first kappa shape index (κ1) is 21.1. The van der Waals surface area contributed by atoms with Gasteiger partial charge >= 0.3 is 0 Å². The van der Waals surface area contributed by atoms with Gasteiger partial charge < -0.3 is 10.1 Å². The molecular weight excluding hydrogens is 408 g/mol. The van der Waals surface area contributed by atoms with Gasteiger partial charge in [-0.25, -0.2) is 0 Å². The number of benzene rings is 1. The number of imide groups is 1. The summed E-state index contributed by atoms with van der Waals surface area (Å²) in [6.45, 7) is 3.70. The fourth-order valence-corrected chi connectivity index (χ4v) is 4.51. The van der Waals surface area contributed by atoms with Crippen LogP contribution in [0.2, 0.25) is 0 Å². The van der Waals surface area contributed by atoms with Crippen LogP contribution >= 0.6 is 23.1 Å². The van der Waals surface area contributed by atoms with E-state index in [1.165, 1.54) is 11.3 Å². The number of nitrogens with one attached hydrogen (secondary N) is 1. The van der Waals surface area contributed by atoms with Crippen molar-refractivity contribution in [2.75, 3.05) is 13.7 Å². The lowest BCUT2D eigenvalue weighted by atomic mass is 9.96. The quantitative estimate of drug-likeness (QED) is 0.663. The minimum absolute atomic E-state index is 0.126. The number of thiophene rings is 1. The van der Waals surface area contributed by atoms with Gasteiger partial charge in [0.25, 0.3) is 11.1 Å². The molecule has 3 amide bonds. The number of amides is 3. The van der Waals surface area contributed by atoms with E-state index in [9.17, 15) is 14.4 Å². The van der Waals surface area contributed by atoms with Crippen molar-refractivity contribution in [3.8, 4) is 5.75 Å². The summed E-state index contributed by atoms with van der Waals surface area (Å²) >= 11 is 2.34. The zero-order chi connectivity index (χ0) is 21.0. The van der Waals surface area contributed by atoms with Crippen LogP contribution in [0.3, 0.4) is 0 Å². The minimum Gasteiger partial charge on any atom is -0.497 e. The minimum atomic E-state index is -0.436. The van der Waals surface area contributed by atoms with Crippen molar-refractivity contribution in [3.05, 3.63) is 57.1 Å². The van der Waals surface area contributed by atoms with Crippen LogP contribution in [-0.2, 0) is 9.59 Å². The summed E-state index contributed by atoms with van der Waals surface area (Å²) in [7, 11) is 1.60. The maximum absolute atomic E-state index is 12.6. The Balaban J connectivity index is 1.68. The summed E-state index contributed by atoms with van der Waals surface area (Å²) in [5.74, 6) is 0.0483. The largest absolute Gasteiger partial charge is 0.497 e. The third-order valence-electron chi connectivity index (χ3n) is 4.45. The van der Waals surface area contributed by atoms with E-state index in [4.69, 9.17) is 4.74 Å². The highest BCUT2D eigenvalue weighted by Crippen LogP contribution is 2.33. The van der Waals surface area contributed by atoms with Crippen LogP contribution in [0.25, 0.3) is 6.08 Å². The van der Waals surface area contributed by atoms with Gasteiger partial charge in [-0.15, -0.1) is 11.3 Å². The molecule has 6 nitrogen and oxygen atoms in total. The van der Waals surface area contributed by atoms with E-state index >= 15 is 0 Å². The molecule has 1 aliphatic heterocycles. The first-order valence-electron chi connectivity index (χ1n) is 9.11. The first-order valence-corrected chi connectivity index (χ1v) is 10.8. The van der Waals surface area contributed by atoms with E-state index < -0.39 is 11.1 Å².